The largest absolute Gasteiger partial charge is 0.375 e. The number of hydrogen-bond acceptors (Lipinski definition) is 3. The molecule has 2 fully saturated rings. The number of carbonyl (C=O) groups excluding carboxylic acids is 1. The maximum Gasteiger partial charge on any atom is 0.230 e. The molecule has 4 nitrogen and oxygen atoms in total. The van der Waals surface area contributed by atoms with Crippen LogP contribution in [0, 0.1) is 5.41 Å². The molecular formula is C11H20N2O2. The summed E-state index contributed by atoms with van der Waals surface area (Å²) < 4.78 is 5.44. The van der Waals surface area contributed by atoms with Gasteiger partial charge in [-0.05, 0) is 26.8 Å². The molecule has 15 heavy (non-hydrogen) atoms. The van der Waals surface area contributed by atoms with E-state index in [-0.39, 0.29) is 11.5 Å². The maximum absolute atomic E-state index is 12.3. The van der Waals surface area contributed by atoms with Crippen LogP contribution in [0.25, 0.3) is 0 Å². The fourth-order valence-corrected chi connectivity index (χ4v) is 2.38. The number of hydrogen-bond donors (Lipinski definition) is 1. The Morgan fingerprint density at radius 3 is 3.00 bits per heavy atom. The van der Waals surface area contributed by atoms with Crippen molar-refractivity contribution >= 4 is 5.91 Å². The number of ether oxygens (including phenoxy) is 1. The van der Waals surface area contributed by atoms with Gasteiger partial charge in [0.2, 0.25) is 5.91 Å². The van der Waals surface area contributed by atoms with Crippen LogP contribution >= 0.6 is 0 Å². The topological polar surface area (TPSA) is 41.6 Å². The Morgan fingerprint density at radius 1 is 1.60 bits per heavy atom. The summed E-state index contributed by atoms with van der Waals surface area (Å²) in [6.45, 7) is 8.04. The van der Waals surface area contributed by atoms with E-state index in [1.165, 1.54) is 0 Å². The Morgan fingerprint density at radius 2 is 2.40 bits per heavy atom. The molecule has 2 aliphatic rings. The first-order valence-corrected chi connectivity index (χ1v) is 5.73. The van der Waals surface area contributed by atoms with Gasteiger partial charge < -0.3 is 15.0 Å². The van der Waals surface area contributed by atoms with E-state index in [4.69, 9.17) is 4.74 Å². The monoisotopic (exact) mass is 212 g/mol. The summed E-state index contributed by atoms with van der Waals surface area (Å²) in [5.74, 6) is 0.294. The van der Waals surface area contributed by atoms with E-state index in [1.54, 1.807) is 0 Å². The van der Waals surface area contributed by atoms with E-state index in [0.29, 0.717) is 12.5 Å². The zero-order valence-corrected chi connectivity index (χ0v) is 9.58. The smallest absolute Gasteiger partial charge is 0.230 e. The van der Waals surface area contributed by atoms with Crippen molar-refractivity contribution in [2.75, 3.05) is 32.8 Å². The number of nitrogens with one attached hydrogen (secondary N) is 1. The molecule has 0 spiro atoms. The fourth-order valence-electron chi connectivity index (χ4n) is 2.38. The molecule has 2 atom stereocenters. The molecule has 0 aliphatic carbocycles. The molecule has 2 heterocycles. The van der Waals surface area contributed by atoms with Gasteiger partial charge in [-0.15, -0.1) is 0 Å². The predicted molar refractivity (Wildman–Crippen MR) is 57.6 cm³/mol. The van der Waals surface area contributed by atoms with Crippen molar-refractivity contribution in [3.63, 3.8) is 0 Å². The van der Waals surface area contributed by atoms with Crippen molar-refractivity contribution in [3.05, 3.63) is 0 Å². The van der Waals surface area contributed by atoms with E-state index in [9.17, 15) is 4.79 Å². The van der Waals surface area contributed by atoms with Crippen molar-refractivity contribution in [1.82, 2.24) is 10.2 Å². The van der Waals surface area contributed by atoms with Gasteiger partial charge in [-0.3, -0.25) is 4.79 Å². The Kier molecular flexibility index (Phi) is 2.98. The Bertz CT molecular complexity index is 249. The van der Waals surface area contributed by atoms with Crippen LogP contribution in [0.4, 0.5) is 0 Å². The van der Waals surface area contributed by atoms with Gasteiger partial charge in [0.05, 0.1) is 18.1 Å². The van der Waals surface area contributed by atoms with Crippen molar-refractivity contribution in [1.29, 1.82) is 0 Å². The quantitative estimate of drug-likeness (QED) is 0.676. The molecule has 0 radical (unpaired) electrons. The average Bonchev–Trinajstić information content (AvgIpc) is 2.65. The normalized spacial score (nSPS) is 36.9. The van der Waals surface area contributed by atoms with Gasteiger partial charge in [0.25, 0.3) is 0 Å². The standard InChI is InChI=1S/C11H20N2O2/c1-9-7-13(5-6-15-9)10(14)11(2)3-4-12-8-11/h9,12H,3-8H2,1-2H3. The Hall–Kier alpha value is -0.610. The van der Waals surface area contributed by atoms with Crippen molar-refractivity contribution < 1.29 is 9.53 Å². The lowest BCUT2D eigenvalue weighted by Gasteiger charge is -2.36. The van der Waals surface area contributed by atoms with Crippen molar-refractivity contribution in [2.24, 2.45) is 5.41 Å². The molecule has 0 bridgehead atoms. The number of carbonyl (C=O) groups is 1. The predicted octanol–water partition coefficient (Wildman–Crippen LogP) is 0.233. The van der Waals surface area contributed by atoms with Gasteiger partial charge in [0.1, 0.15) is 0 Å². The van der Waals surface area contributed by atoms with Crippen LogP contribution in [0.1, 0.15) is 20.3 Å². The van der Waals surface area contributed by atoms with Gasteiger partial charge in [-0.2, -0.15) is 0 Å². The number of nitrogens with zero attached hydrogens (tertiary/aromatic N) is 1. The molecule has 0 aromatic heterocycles. The van der Waals surface area contributed by atoms with Crippen LogP contribution < -0.4 is 5.32 Å². The minimum Gasteiger partial charge on any atom is -0.375 e. The number of amides is 1. The molecule has 2 saturated heterocycles. The molecule has 4 heteroatoms. The highest BCUT2D eigenvalue weighted by atomic mass is 16.5. The number of morpholine rings is 1. The molecule has 0 aromatic rings. The lowest BCUT2D eigenvalue weighted by atomic mass is 9.88. The van der Waals surface area contributed by atoms with Gasteiger partial charge in [0.15, 0.2) is 0 Å². The zero-order chi connectivity index (χ0) is 10.9. The van der Waals surface area contributed by atoms with Crippen molar-refractivity contribution in [2.45, 2.75) is 26.4 Å². The molecule has 1 N–H and O–H groups in total. The third kappa shape index (κ3) is 2.16. The van der Waals surface area contributed by atoms with Crippen molar-refractivity contribution in [3.8, 4) is 0 Å². The molecule has 2 unspecified atom stereocenters. The summed E-state index contributed by atoms with van der Waals surface area (Å²) in [5, 5.41) is 3.27. The SMILES string of the molecule is CC1CN(C(=O)C2(C)CCNC2)CCO1. The van der Waals surface area contributed by atoms with Crippen LogP contribution in [0.2, 0.25) is 0 Å². The summed E-state index contributed by atoms with van der Waals surface area (Å²) in [7, 11) is 0. The zero-order valence-electron chi connectivity index (χ0n) is 9.58. The van der Waals surface area contributed by atoms with Gasteiger partial charge in [-0.25, -0.2) is 0 Å². The van der Waals surface area contributed by atoms with Gasteiger partial charge in [-0.1, -0.05) is 0 Å². The summed E-state index contributed by atoms with van der Waals surface area (Å²) in [4.78, 5) is 14.3. The first kappa shape index (κ1) is 10.9. The second-order valence-corrected chi connectivity index (χ2v) is 4.92. The van der Waals surface area contributed by atoms with Crippen LogP contribution in [0.5, 0.6) is 0 Å². The summed E-state index contributed by atoms with van der Waals surface area (Å²) in [5.41, 5.74) is -0.183. The minimum atomic E-state index is -0.183. The fraction of sp³-hybridized carbons (Fsp3) is 0.909. The highest BCUT2D eigenvalue weighted by molar-refractivity contribution is 5.83. The number of rotatable bonds is 1. The highest BCUT2D eigenvalue weighted by Crippen LogP contribution is 2.27. The van der Waals surface area contributed by atoms with E-state index in [2.05, 4.69) is 12.2 Å². The molecule has 0 aromatic carbocycles. The minimum absolute atomic E-state index is 0.181. The highest BCUT2D eigenvalue weighted by Gasteiger charge is 2.40. The van der Waals surface area contributed by atoms with E-state index >= 15 is 0 Å². The molecule has 2 rings (SSSR count). The van der Waals surface area contributed by atoms with Crippen LogP contribution in [0.3, 0.4) is 0 Å². The lowest BCUT2D eigenvalue weighted by Crippen LogP contribution is -2.50. The molecular weight excluding hydrogens is 192 g/mol. The Balaban J connectivity index is 2.00. The van der Waals surface area contributed by atoms with E-state index < -0.39 is 0 Å². The second-order valence-electron chi connectivity index (χ2n) is 4.92. The molecule has 1 amide bonds. The van der Waals surface area contributed by atoms with E-state index in [1.807, 2.05) is 11.8 Å². The summed E-state index contributed by atoms with van der Waals surface area (Å²) >= 11 is 0. The van der Waals surface area contributed by atoms with Gasteiger partial charge in [0, 0.05) is 19.6 Å². The molecule has 0 saturated carbocycles. The van der Waals surface area contributed by atoms with Crippen LogP contribution in [0.15, 0.2) is 0 Å². The summed E-state index contributed by atoms with van der Waals surface area (Å²) in [6, 6.07) is 0. The Labute approximate surface area is 91.0 Å². The van der Waals surface area contributed by atoms with Crippen LogP contribution in [-0.4, -0.2) is 49.7 Å². The van der Waals surface area contributed by atoms with E-state index in [0.717, 1.165) is 32.6 Å². The summed E-state index contributed by atoms with van der Waals surface area (Å²) in [6.07, 6.45) is 1.14. The third-order valence-electron chi connectivity index (χ3n) is 3.41. The third-order valence-corrected chi connectivity index (χ3v) is 3.41. The molecule has 2 aliphatic heterocycles. The first-order chi connectivity index (χ1) is 7.12. The lowest BCUT2D eigenvalue weighted by molar-refractivity contribution is -0.147. The first-order valence-electron chi connectivity index (χ1n) is 5.73. The second kappa shape index (κ2) is 4.10. The van der Waals surface area contributed by atoms with Crippen LogP contribution in [-0.2, 0) is 9.53 Å². The maximum atomic E-state index is 12.3. The molecule has 86 valence electrons. The average molecular weight is 212 g/mol. The van der Waals surface area contributed by atoms with Gasteiger partial charge >= 0.3 is 0 Å².